The van der Waals surface area contributed by atoms with Gasteiger partial charge < -0.3 is 5.32 Å². The van der Waals surface area contributed by atoms with E-state index in [1.807, 2.05) is 48.5 Å². The molecule has 4 nitrogen and oxygen atoms in total. The smallest absolute Gasteiger partial charge is 0.252 e. The predicted octanol–water partition coefficient (Wildman–Crippen LogP) is 7.26. The molecule has 0 aliphatic heterocycles. The normalized spacial score (nSPS) is 21.1. The van der Waals surface area contributed by atoms with Gasteiger partial charge in [0, 0.05) is 23.4 Å². The fourth-order valence-corrected chi connectivity index (χ4v) is 6.27. The lowest BCUT2D eigenvalue weighted by Crippen LogP contribution is -2.38. The Labute approximate surface area is 219 Å². The third-order valence-electron chi connectivity index (χ3n) is 8.40. The van der Waals surface area contributed by atoms with Crippen molar-refractivity contribution in [2.24, 2.45) is 10.9 Å². The van der Waals surface area contributed by atoms with Crippen molar-refractivity contribution in [3.63, 3.8) is 0 Å². The first kappa shape index (κ1) is 23.8. The summed E-state index contributed by atoms with van der Waals surface area (Å²) in [5.41, 5.74) is 5.56. The number of benzene rings is 3. The van der Waals surface area contributed by atoms with Crippen molar-refractivity contribution in [3.05, 3.63) is 89.5 Å². The van der Waals surface area contributed by atoms with Crippen molar-refractivity contribution in [3.8, 4) is 0 Å². The van der Waals surface area contributed by atoms with Crippen molar-refractivity contribution in [2.75, 3.05) is 6.54 Å². The van der Waals surface area contributed by atoms with Crippen LogP contribution in [0.15, 0.2) is 77.8 Å². The van der Waals surface area contributed by atoms with Crippen LogP contribution < -0.4 is 5.32 Å². The molecular formula is C33H35N3O. The Morgan fingerprint density at radius 2 is 1.54 bits per heavy atom. The maximum atomic E-state index is 13.5. The van der Waals surface area contributed by atoms with Crippen LogP contribution in [-0.4, -0.2) is 29.7 Å². The molecule has 1 amide bonds. The largest absolute Gasteiger partial charge is 0.349 e. The van der Waals surface area contributed by atoms with Crippen LogP contribution in [-0.2, 0) is 6.42 Å². The van der Waals surface area contributed by atoms with Crippen molar-refractivity contribution < 1.29 is 4.79 Å². The standard InChI is InChI=1S/C33H35N3O/c37-33(32-28-11-3-5-13-30(28)36-31-14-6-4-12-29(31)32)35-26-17-15-23(16-18-26)19-21-34-20-7-9-25-22-24-8-1-2-10-27(24)25/h1-6,8,10-14,20,23,25-26H,7,9,15-19,21-22H2,(H,35,37). The topological polar surface area (TPSA) is 54.4 Å². The predicted molar refractivity (Wildman–Crippen MR) is 153 cm³/mol. The molecule has 0 spiro atoms. The van der Waals surface area contributed by atoms with Crippen LogP contribution in [0.3, 0.4) is 0 Å². The number of carbonyl (C=O) groups excluding carboxylic acids is 1. The van der Waals surface area contributed by atoms with Crippen LogP contribution in [0.25, 0.3) is 21.8 Å². The zero-order chi connectivity index (χ0) is 25.0. The average Bonchev–Trinajstić information content (AvgIpc) is 2.92. The molecule has 1 saturated carbocycles. The van der Waals surface area contributed by atoms with Crippen LogP contribution in [0.1, 0.15) is 72.3 Å². The third kappa shape index (κ3) is 5.16. The van der Waals surface area contributed by atoms with Gasteiger partial charge in [-0.2, -0.15) is 0 Å². The minimum atomic E-state index is 0.0249. The number of nitrogens with one attached hydrogen (secondary N) is 1. The summed E-state index contributed by atoms with van der Waals surface area (Å²) in [5, 5.41) is 5.20. The van der Waals surface area contributed by atoms with Gasteiger partial charge >= 0.3 is 0 Å². The van der Waals surface area contributed by atoms with Gasteiger partial charge in [0.2, 0.25) is 0 Å². The highest BCUT2D eigenvalue weighted by molar-refractivity contribution is 6.16. The lowest BCUT2D eigenvalue weighted by atomic mass is 9.75. The van der Waals surface area contributed by atoms with Gasteiger partial charge in [-0.3, -0.25) is 9.79 Å². The molecule has 1 N–H and O–H groups in total. The molecule has 4 heteroatoms. The molecule has 1 atom stereocenters. The van der Waals surface area contributed by atoms with Gasteiger partial charge in [0.15, 0.2) is 0 Å². The lowest BCUT2D eigenvalue weighted by Gasteiger charge is -2.29. The third-order valence-corrected chi connectivity index (χ3v) is 8.40. The molecule has 6 rings (SSSR count). The number of hydrogen-bond acceptors (Lipinski definition) is 3. The van der Waals surface area contributed by atoms with E-state index in [4.69, 9.17) is 9.98 Å². The van der Waals surface area contributed by atoms with Crippen molar-refractivity contribution in [2.45, 2.75) is 63.3 Å². The zero-order valence-corrected chi connectivity index (χ0v) is 21.4. The quantitative estimate of drug-likeness (QED) is 0.209. The number of carbonyl (C=O) groups is 1. The summed E-state index contributed by atoms with van der Waals surface area (Å²) >= 11 is 0. The number of hydrogen-bond donors (Lipinski definition) is 1. The average molecular weight is 490 g/mol. The van der Waals surface area contributed by atoms with E-state index < -0.39 is 0 Å². The molecule has 1 heterocycles. The molecule has 188 valence electrons. The molecule has 0 radical (unpaired) electrons. The number of aliphatic imine (C=N–C) groups is 1. The SMILES string of the molecule is O=C(NC1CCC(CCN=CCCC2Cc3ccccc32)CC1)c1c2ccccc2nc2ccccc12. The number of aromatic nitrogens is 1. The van der Waals surface area contributed by atoms with Crippen LogP contribution in [0.4, 0.5) is 0 Å². The highest BCUT2D eigenvalue weighted by Crippen LogP contribution is 2.37. The number of pyridine rings is 1. The molecule has 37 heavy (non-hydrogen) atoms. The molecule has 3 aromatic carbocycles. The molecule has 0 bridgehead atoms. The van der Waals surface area contributed by atoms with Crippen molar-refractivity contribution in [1.82, 2.24) is 10.3 Å². The van der Waals surface area contributed by atoms with Crippen LogP contribution >= 0.6 is 0 Å². The Bertz CT molecular complexity index is 1380. The van der Waals surface area contributed by atoms with E-state index in [2.05, 4.69) is 35.8 Å². The summed E-state index contributed by atoms with van der Waals surface area (Å²) in [7, 11) is 0. The Kier molecular flexibility index (Phi) is 6.98. The first-order valence-corrected chi connectivity index (χ1v) is 13.9. The van der Waals surface area contributed by atoms with Gasteiger partial charge in [-0.05, 0) is 92.7 Å². The summed E-state index contributed by atoms with van der Waals surface area (Å²) in [4.78, 5) is 23.0. The monoisotopic (exact) mass is 489 g/mol. The van der Waals surface area contributed by atoms with Crippen molar-refractivity contribution >= 4 is 33.9 Å². The maximum Gasteiger partial charge on any atom is 0.252 e. The van der Waals surface area contributed by atoms with Gasteiger partial charge in [-0.1, -0.05) is 60.7 Å². The second-order valence-corrected chi connectivity index (χ2v) is 10.8. The fourth-order valence-electron chi connectivity index (χ4n) is 6.27. The van der Waals surface area contributed by atoms with Gasteiger partial charge in [0.05, 0.1) is 16.6 Å². The van der Waals surface area contributed by atoms with Crippen LogP contribution in [0.5, 0.6) is 0 Å². The first-order valence-electron chi connectivity index (χ1n) is 13.9. The minimum Gasteiger partial charge on any atom is -0.349 e. The highest BCUT2D eigenvalue weighted by Gasteiger charge is 2.25. The Morgan fingerprint density at radius 3 is 2.27 bits per heavy atom. The van der Waals surface area contributed by atoms with E-state index >= 15 is 0 Å². The summed E-state index contributed by atoms with van der Waals surface area (Å²) in [6.07, 6.45) is 11.2. The van der Waals surface area contributed by atoms with Crippen LogP contribution in [0, 0.1) is 5.92 Å². The Morgan fingerprint density at radius 1 is 0.865 bits per heavy atom. The lowest BCUT2D eigenvalue weighted by molar-refractivity contribution is 0.0924. The van der Waals surface area contributed by atoms with E-state index in [0.29, 0.717) is 5.92 Å². The van der Waals surface area contributed by atoms with Gasteiger partial charge in [0.1, 0.15) is 0 Å². The molecule has 2 aliphatic carbocycles. The molecular weight excluding hydrogens is 454 g/mol. The molecule has 1 fully saturated rings. The molecule has 4 aromatic rings. The van der Waals surface area contributed by atoms with E-state index in [1.54, 1.807) is 5.56 Å². The number of para-hydroxylation sites is 2. The second kappa shape index (κ2) is 10.8. The van der Waals surface area contributed by atoms with E-state index in [0.717, 1.165) is 78.4 Å². The van der Waals surface area contributed by atoms with Gasteiger partial charge in [-0.25, -0.2) is 4.98 Å². The van der Waals surface area contributed by atoms with Gasteiger partial charge in [0.25, 0.3) is 5.91 Å². The summed E-state index contributed by atoms with van der Waals surface area (Å²) in [6, 6.07) is 25.0. The molecule has 1 aromatic heterocycles. The summed E-state index contributed by atoms with van der Waals surface area (Å²) in [5.74, 6) is 1.47. The van der Waals surface area contributed by atoms with Crippen LogP contribution in [0.2, 0.25) is 0 Å². The minimum absolute atomic E-state index is 0.0249. The Balaban J connectivity index is 0.974. The number of nitrogens with zero attached hydrogens (tertiary/aromatic N) is 2. The van der Waals surface area contributed by atoms with E-state index in [9.17, 15) is 4.79 Å². The molecule has 2 aliphatic rings. The number of rotatable bonds is 8. The first-order chi connectivity index (χ1) is 18.3. The highest BCUT2D eigenvalue weighted by atomic mass is 16.1. The summed E-state index contributed by atoms with van der Waals surface area (Å²) in [6.45, 7) is 0.929. The fraction of sp³-hybridized carbons (Fsp3) is 0.364. The van der Waals surface area contributed by atoms with Crippen molar-refractivity contribution in [1.29, 1.82) is 0 Å². The molecule has 1 unspecified atom stereocenters. The maximum absolute atomic E-state index is 13.5. The zero-order valence-electron chi connectivity index (χ0n) is 21.4. The number of fused-ring (bicyclic) bond motifs is 3. The number of amides is 1. The van der Waals surface area contributed by atoms with E-state index in [1.165, 1.54) is 18.4 Å². The van der Waals surface area contributed by atoms with Gasteiger partial charge in [-0.15, -0.1) is 0 Å². The van der Waals surface area contributed by atoms with E-state index in [-0.39, 0.29) is 11.9 Å². The second-order valence-electron chi connectivity index (χ2n) is 10.8. The summed E-state index contributed by atoms with van der Waals surface area (Å²) < 4.78 is 0. The Hall–Kier alpha value is -3.53. The molecule has 0 saturated heterocycles.